The lowest BCUT2D eigenvalue weighted by Crippen LogP contribution is -2.40. The summed E-state index contributed by atoms with van der Waals surface area (Å²) >= 11 is 0. The number of H-pyrrole nitrogens is 1. The Labute approximate surface area is 159 Å². The van der Waals surface area contributed by atoms with Gasteiger partial charge in [-0.05, 0) is 57.7 Å². The van der Waals surface area contributed by atoms with E-state index in [1.165, 1.54) is 0 Å². The Hall–Kier alpha value is -2.70. The molecule has 146 valence electrons. The van der Waals surface area contributed by atoms with E-state index in [2.05, 4.69) is 16.3 Å². The maximum atomic E-state index is 12.5. The molecule has 27 heavy (non-hydrogen) atoms. The van der Waals surface area contributed by atoms with Gasteiger partial charge in [-0.15, -0.1) is 0 Å². The number of methoxy groups -OCH3 is 1. The summed E-state index contributed by atoms with van der Waals surface area (Å²) in [6.07, 6.45) is 2.50. The Morgan fingerprint density at radius 3 is 2.78 bits per heavy atom. The third-order valence-electron chi connectivity index (χ3n) is 4.63. The van der Waals surface area contributed by atoms with E-state index in [1.54, 1.807) is 13.2 Å². The average molecular weight is 372 g/mol. The summed E-state index contributed by atoms with van der Waals surface area (Å²) in [5.41, 5.74) is 8.05. The summed E-state index contributed by atoms with van der Waals surface area (Å²) < 4.78 is 11.1. The summed E-state index contributed by atoms with van der Waals surface area (Å²) in [6, 6.07) is 7.98. The van der Waals surface area contributed by atoms with Crippen molar-refractivity contribution >= 4 is 11.9 Å². The lowest BCUT2D eigenvalue weighted by atomic mass is 10.0. The molecule has 0 saturated carbocycles. The van der Waals surface area contributed by atoms with Gasteiger partial charge in [0.2, 0.25) is 0 Å². The fourth-order valence-corrected chi connectivity index (χ4v) is 3.44. The molecule has 7 nitrogen and oxygen atoms in total. The second-order valence-electron chi connectivity index (χ2n) is 7.92. The van der Waals surface area contributed by atoms with Crippen molar-refractivity contribution in [2.45, 2.75) is 51.7 Å². The molecule has 2 heterocycles. The number of benzene rings is 1. The van der Waals surface area contributed by atoms with Gasteiger partial charge in [-0.3, -0.25) is 5.10 Å². The predicted molar refractivity (Wildman–Crippen MR) is 105 cm³/mol. The number of amides is 1. The van der Waals surface area contributed by atoms with Crippen LogP contribution in [0.3, 0.4) is 0 Å². The molecule has 3 N–H and O–H groups in total. The van der Waals surface area contributed by atoms with Crippen LogP contribution in [-0.4, -0.2) is 46.5 Å². The third-order valence-corrected chi connectivity index (χ3v) is 4.63. The molecule has 1 saturated heterocycles. The Kier molecular flexibility index (Phi) is 5.30. The van der Waals surface area contributed by atoms with Gasteiger partial charge >= 0.3 is 6.09 Å². The minimum atomic E-state index is -0.485. The van der Waals surface area contributed by atoms with E-state index >= 15 is 0 Å². The number of nitrogens with two attached hydrogens (primary N) is 1. The Morgan fingerprint density at radius 1 is 1.37 bits per heavy atom. The lowest BCUT2D eigenvalue weighted by molar-refractivity contribution is 0.0227. The minimum Gasteiger partial charge on any atom is -0.496 e. The number of carbonyl (C=O) groups excluding carboxylic acids is 1. The molecule has 1 aromatic carbocycles. The summed E-state index contributed by atoms with van der Waals surface area (Å²) in [5.74, 6) is 1.19. The van der Waals surface area contributed by atoms with Crippen molar-refractivity contribution in [1.82, 2.24) is 15.1 Å². The molecule has 7 heteroatoms. The Morgan fingerprint density at radius 2 is 2.15 bits per heavy atom. The van der Waals surface area contributed by atoms with Gasteiger partial charge in [-0.25, -0.2) is 4.79 Å². The maximum absolute atomic E-state index is 12.5. The van der Waals surface area contributed by atoms with Crippen LogP contribution in [0, 0.1) is 0 Å². The van der Waals surface area contributed by atoms with Crippen molar-refractivity contribution in [3.8, 4) is 17.0 Å². The van der Waals surface area contributed by atoms with Crippen LogP contribution in [0.2, 0.25) is 0 Å². The first-order valence-corrected chi connectivity index (χ1v) is 9.24. The lowest BCUT2D eigenvalue weighted by Gasteiger charge is -2.28. The topological polar surface area (TPSA) is 93.5 Å². The first-order chi connectivity index (χ1) is 12.8. The molecule has 3 rings (SSSR count). The van der Waals surface area contributed by atoms with Crippen LogP contribution in [0.1, 0.15) is 39.2 Å². The van der Waals surface area contributed by atoms with Crippen LogP contribution in [-0.2, 0) is 11.2 Å². The standard InChI is InChI=1S/C20H28N4O3/c1-20(2,3)27-19(25)24-9-5-6-14(24)10-13-7-8-15(17(11-13)26-4)16-12-18(21)23-22-16/h7-8,11-12,14H,5-6,9-10H2,1-4H3,(H3,21,22,23)/t14-/m1/s1. The predicted octanol–water partition coefficient (Wildman–Crippen LogP) is 3.61. The number of nitrogen functional groups attached to an aromatic ring is 1. The van der Waals surface area contributed by atoms with Gasteiger partial charge in [-0.2, -0.15) is 5.10 Å². The summed E-state index contributed by atoms with van der Waals surface area (Å²) in [5, 5.41) is 6.88. The molecule has 1 amide bonds. The monoisotopic (exact) mass is 372 g/mol. The summed E-state index contributed by atoms with van der Waals surface area (Å²) in [6.45, 7) is 6.41. The maximum Gasteiger partial charge on any atom is 0.410 e. The van der Waals surface area contributed by atoms with E-state index in [9.17, 15) is 4.79 Å². The van der Waals surface area contributed by atoms with Gasteiger partial charge in [0, 0.05) is 24.2 Å². The van der Waals surface area contributed by atoms with Crippen molar-refractivity contribution in [2.75, 3.05) is 19.4 Å². The SMILES string of the molecule is COc1cc(C[C@H]2CCCN2C(=O)OC(C)(C)C)ccc1-c1cc(N)n[nH]1. The van der Waals surface area contributed by atoms with Crippen LogP contribution in [0.15, 0.2) is 24.3 Å². The average Bonchev–Trinajstić information content (AvgIpc) is 3.22. The first-order valence-electron chi connectivity index (χ1n) is 9.24. The van der Waals surface area contributed by atoms with Crippen LogP contribution in [0.5, 0.6) is 5.75 Å². The Bertz CT molecular complexity index is 810. The number of aromatic nitrogens is 2. The number of carbonyl (C=O) groups is 1. The normalized spacial score (nSPS) is 17.2. The molecule has 0 spiro atoms. The highest BCUT2D eigenvalue weighted by atomic mass is 16.6. The second kappa shape index (κ2) is 7.50. The summed E-state index contributed by atoms with van der Waals surface area (Å²) in [7, 11) is 1.64. The van der Waals surface area contributed by atoms with Gasteiger partial charge in [0.1, 0.15) is 17.2 Å². The highest BCUT2D eigenvalue weighted by molar-refractivity contribution is 5.70. The van der Waals surface area contributed by atoms with Gasteiger partial charge in [0.25, 0.3) is 0 Å². The number of anilines is 1. The van der Waals surface area contributed by atoms with Crippen LogP contribution < -0.4 is 10.5 Å². The number of hydrogen-bond donors (Lipinski definition) is 2. The van der Waals surface area contributed by atoms with Crippen molar-refractivity contribution < 1.29 is 14.3 Å². The van der Waals surface area contributed by atoms with Gasteiger partial charge < -0.3 is 20.1 Å². The highest BCUT2D eigenvalue weighted by Crippen LogP contribution is 2.32. The number of ether oxygens (including phenoxy) is 2. The van der Waals surface area contributed by atoms with E-state index in [0.29, 0.717) is 5.82 Å². The quantitative estimate of drug-likeness (QED) is 0.855. The number of nitrogens with one attached hydrogen (secondary N) is 1. The molecule has 1 aliphatic rings. The number of hydrogen-bond acceptors (Lipinski definition) is 5. The van der Waals surface area contributed by atoms with Gasteiger partial charge in [0.05, 0.1) is 12.8 Å². The molecule has 1 atom stereocenters. The third kappa shape index (κ3) is 4.53. The zero-order valence-corrected chi connectivity index (χ0v) is 16.4. The highest BCUT2D eigenvalue weighted by Gasteiger charge is 2.32. The molecule has 0 unspecified atom stereocenters. The fourth-order valence-electron chi connectivity index (χ4n) is 3.44. The van der Waals surface area contributed by atoms with Crippen LogP contribution >= 0.6 is 0 Å². The zero-order chi connectivity index (χ0) is 19.6. The van der Waals surface area contributed by atoms with E-state index in [4.69, 9.17) is 15.2 Å². The first kappa shape index (κ1) is 19.1. The largest absolute Gasteiger partial charge is 0.496 e. The number of rotatable bonds is 4. The molecular formula is C20H28N4O3. The second-order valence-corrected chi connectivity index (χ2v) is 7.92. The van der Waals surface area contributed by atoms with E-state index in [0.717, 1.165) is 48.4 Å². The van der Waals surface area contributed by atoms with E-state index < -0.39 is 5.60 Å². The molecular weight excluding hydrogens is 344 g/mol. The smallest absolute Gasteiger partial charge is 0.410 e. The van der Waals surface area contributed by atoms with Crippen LogP contribution in [0.4, 0.5) is 10.6 Å². The summed E-state index contributed by atoms with van der Waals surface area (Å²) in [4.78, 5) is 14.3. The minimum absolute atomic E-state index is 0.137. The number of aromatic amines is 1. The molecule has 0 bridgehead atoms. The number of likely N-dealkylation sites (tertiary alicyclic amines) is 1. The molecule has 1 fully saturated rings. The Balaban J connectivity index is 1.76. The van der Waals surface area contributed by atoms with Crippen LogP contribution in [0.25, 0.3) is 11.3 Å². The van der Waals surface area contributed by atoms with Gasteiger partial charge in [0.15, 0.2) is 0 Å². The van der Waals surface area contributed by atoms with Crippen molar-refractivity contribution in [2.24, 2.45) is 0 Å². The molecule has 1 aromatic heterocycles. The van der Waals surface area contributed by atoms with E-state index in [-0.39, 0.29) is 12.1 Å². The fraction of sp³-hybridized carbons (Fsp3) is 0.500. The molecule has 1 aliphatic heterocycles. The molecule has 0 aliphatic carbocycles. The van der Waals surface area contributed by atoms with Crippen molar-refractivity contribution in [1.29, 1.82) is 0 Å². The number of nitrogens with zero attached hydrogens (tertiary/aromatic N) is 2. The van der Waals surface area contributed by atoms with Crippen molar-refractivity contribution in [3.05, 3.63) is 29.8 Å². The molecule has 2 aromatic rings. The van der Waals surface area contributed by atoms with Gasteiger partial charge in [-0.1, -0.05) is 6.07 Å². The van der Waals surface area contributed by atoms with E-state index in [1.807, 2.05) is 37.8 Å². The zero-order valence-electron chi connectivity index (χ0n) is 16.4. The van der Waals surface area contributed by atoms with Crippen molar-refractivity contribution in [3.63, 3.8) is 0 Å². The molecule has 0 radical (unpaired) electrons.